The molecule has 0 spiro atoms. The van der Waals surface area contributed by atoms with Gasteiger partial charge in [0.15, 0.2) is 5.78 Å². The zero-order valence-corrected chi connectivity index (χ0v) is 10.4. The minimum atomic E-state index is -1.76. The van der Waals surface area contributed by atoms with Crippen LogP contribution in [0.2, 0.25) is 0 Å². The number of hydrogen-bond acceptors (Lipinski definition) is 8. The molecule has 0 radical (unpaired) electrons. The van der Waals surface area contributed by atoms with E-state index in [0.717, 1.165) is 0 Å². The van der Waals surface area contributed by atoms with Crippen LogP contribution in [-0.2, 0) is 14.3 Å². The Morgan fingerprint density at radius 1 is 1.22 bits per heavy atom. The second-order valence-corrected chi connectivity index (χ2v) is 3.53. The minimum absolute atomic E-state index is 0.0184. The van der Waals surface area contributed by atoms with Crippen molar-refractivity contribution >= 4 is 11.8 Å². The molecule has 0 bridgehead atoms. The molecule has 18 heavy (non-hydrogen) atoms. The number of Topliss-reactive ketones (excluding diaryl/α,β-unsaturated/α-hetero) is 1. The molecule has 0 aliphatic heterocycles. The van der Waals surface area contributed by atoms with Crippen molar-refractivity contribution < 1.29 is 24.5 Å². The number of carbonyl (C=O) groups is 2. The molecule has 0 aromatic carbocycles. The van der Waals surface area contributed by atoms with Gasteiger partial charge in [0.2, 0.25) is 5.66 Å². The van der Waals surface area contributed by atoms with Crippen LogP contribution >= 0.6 is 0 Å². The summed E-state index contributed by atoms with van der Waals surface area (Å²) in [4.78, 5) is 23.6. The SMILES string of the molecule is CC(=O)C(NCCO)(NCCO)C(=O)OCCN. The molecule has 0 rings (SSSR count). The molecular weight excluding hydrogens is 242 g/mol. The summed E-state index contributed by atoms with van der Waals surface area (Å²) in [5.74, 6) is -1.35. The highest BCUT2D eigenvalue weighted by molar-refractivity contribution is 6.07. The summed E-state index contributed by atoms with van der Waals surface area (Å²) in [6.45, 7) is 0.874. The Bertz CT molecular complexity index is 264. The van der Waals surface area contributed by atoms with Crippen molar-refractivity contribution in [1.29, 1.82) is 0 Å². The van der Waals surface area contributed by atoms with Crippen molar-refractivity contribution in [2.45, 2.75) is 12.6 Å². The van der Waals surface area contributed by atoms with Gasteiger partial charge in [0.05, 0.1) is 13.2 Å². The predicted molar refractivity (Wildman–Crippen MR) is 63.6 cm³/mol. The third-order valence-corrected chi connectivity index (χ3v) is 2.19. The number of aliphatic hydroxyl groups excluding tert-OH is 2. The second kappa shape index (κ2) is 8.95. The smallest absolute Gasteiger partial charge is 0.349 e. The molecule has 0 atom stereocenters. The van der Waals surface area contributed by atoms with Crippen molar-refractivity contribution in [2.24, 2.45) is 5.73 Å². The number of nitrogens with one attached hydrogen (secondary N) is 2. The predicted octanol–water partition coefficient (Wildman–Crippen LogP) is -3.06. The first-order valence-corrected chi connectivity index (χ1v) is 5.65. The van der Waals surface area contributed by atoms with E-state index in [4.69, 9.17) is 20.7 Å². The highest BCUT2D eigenvalue weighted by atomic mass is 16.5. The summed E-state index contributed by atoms with van der Waals surface area (Å²) >= 11 is 0. The van der Waals surface area contributed by atoms with Gasteiger partial charge in [-0.3, -0.25) is 15.4 Å². The van der Waals surface area contributed by atoms with Gasteiger partial charge >= 0.3 is 5.97 Å². The molecule has 0 aliphatic carbocycles. The van der Waals surface area contributed by atoms with Gasteiger partial charge in [-0.15, -0.1) is 0 Å². The van der Waals surface area contributed by atoms with Crippen LogP contribution in [0.4, 0.5) is 0 Å². The fourth-order valence-corrected chi connectivity index (χ4v) is 1.35. The normalized spacial score (nSPS) is 11.3. The maximum absolute atomic E-state index is 11.9. The average Bonchev–Trinajstić information content (AvgIpc) is 2.36. The van der Waals surface area contributed by atoms with Crippen LogP contribution in [0, 0.1) is 0 Å². The van der Waals surface area contributed by atoms with Crippen LogP contribution in [0.1, 0.15) is 6.92 Å². The summed E-state index contributed by atoms with van der Waals surface area (Å²) in [6.07, 6.45) is 0. The van der Waals surface area contributed by atoms with Crippen molar-refractivity contribution in [3.05, 3.63) is 0 Å². The van der Waals surface area contributed by atoms with Gasteiger partial charge in [-0.2, -0.15) is 0 Å². The highest BCUT2D eigenvalue weighted by Crippen LogP contribution is 2.05. The monoisotopic (exact) mass is 263 g/mol. The van der Waals surface area contributed by atoms with E-state index in [9.17, 15) is 9.59 Å². The standard InChI is InChI=1S/C10H21N3O5/c1-8(16)10(12-3-5-14,13-4-6-15)9(17)18-7-2-11/h12-15H,2-7,11H2,1H3. The molecular formula is C10H21N3O5. The quantitative estimate of drug-likeness (QED) is 0.159. The Morgan fingerprint density at radius 3 is 2.06 bits per heavy atom. The Kier molecular flexibility index (Phi) is 8.42. The number of carbonyl (C=O) groups excluding carboxylic acids is 2. The Balaban J connectivity index is 4.91. The summed E-state index contributed by atoms with van der Waals surface area (Å²) in [5, 5.41) is 22.7. The number of ketones is 1. The number of ether oxygens (including phenoxy) is 1. The van der Waals surface area contributed by atoms with Crippen molar-refractivity contribution in [1.82, 2.24) is 10.6 Å². The van der Waals surface area contributed by atoms with E-state index < -0.39 is 17.4 Å². The summed E-state index contributed by atoms with van der Waals surface area (Å²) in [7, 11) is 0. The first-order valence-electron chi connectivity index (χ1n) is 5.65. The van der Waals surface area contributed by atoms with Crippen molar-refractivity contribution in [3.8, 4) is 0 Å². The fourth-order valence-electron chi connectivity index (χ4n) is 1.35. The van der Waals surface area contributed by atoms with Crippen LogP contribution in [0.3, 0.4) is 0 Å². The Hall–Kier alpha value is -1.06. The molecule has 8 heteroatoms. The Labute approximate surface area is 105 Å². The zero-order valence-electron chi connectivity index (χ0n) is 10.4. The van der Waals surface area contributed by atoms with Gasteiger partial charge < -0.3 is 20.7 Å². The van der Waals surface area contributed by atoms with Gasteiger partial charge in [-0.05, 0) is 6.92 Å². The summed E-state index contributed by atoms with van der Waals surface area (Å²) in [6, 6.07) is 0. The maximum Gasteiger partial charge on any atom is 0.349 e. The lowest BCUT2D eigenvalue weighted by molar-refractivity contribution is -0.157. The van der Waals surface area contributed by atoms with E-state index in [2.05, 4.69) is 10.6 Å². The highest BCUT2D eigenvalue weighted by Gasteiger charge is 2.44. The number of rotatable bonds is 10. The topological polar surface area (TPSA) is 134 Å². The van der Waals surface area contributed by atoms with Crippen molar-refractivity contribution in [2.75, 3.05) is 39.5 Å². The fraction of sp³-hybridized carbons (Fsp3) is 0.800. The molecule has 0 fully saturated rings. The third kappa shape index (κ3) is 4.67. The molecule has 8 nitrogen and oxygen atoms in total. The van der Waals surface area contributed by atoms with E-state index in [1.54, 1.807) is 0 Å². The number of nitrogens with two attached hydrogens (primary N) is 1. The first-order chi connectivity index (χ1) is 8.55. The molecule has 106 valence electrons. The molecule has 0 saturated carbocycles. The van der Waals surface area contributed by atoms with Crippen LogP contribution < -0.4 is 16.4 Å². The minimum Gasteiger partial charge on any atom is -0.462 e. The molecule has 0 heterocycles. The van der Waals surface area contributed by atoms with E-state index >= 15 is 0 Å². The van der Waals surface area contributed by atoms with E-state index in [1.165, 1.54) is 6.92 Å². The van der Waals surface area contributed by atoms with Crippen molar-refractivity contribution in [3.63, 3.8) is 0 Å². The first kappa shape index (κ1) is 16.9. The van der Waals surface area contributed by atoms with Gasteiger partial charge in [-0.25, -0.2) is 4.79 Å². The second-order valence-electron chi connectivity index (χ2n) is 3.53. The van der Waals surface area contributed by atoms with E-state index in [-0.39, 0.29) is 39.5 Å². The molecule has 0 saturated heterocycles. The maximum atomic E-state index is 11.9. The van der Waals surface area contributed by atoms with Gasteiger partial charge in [0.1, 0.15) is 6.61 Å². The van der Waals surface area contributed by atoms with Crippen LogP contribution in [0.25, 0.3) is 0 Å². The molecule has 0 aliphatic rings. The lowest BCUT2D eigenvalue weighted by Gasteiger charge is -2.30. The average molecular weight is 263 g/mol. The molecule has 0 aromatic heterocycles. The lowest BCUT2D eigenvalue weighted by Crippen LogP contribution is -2.68. The lowest BCUT2D eigenvalue weighted by atomic mass is 10.1. The summed E-state index contributed by atoms with van der Waals surface area (Å²) < 4.78 is 4.84. The van der Waals surface area contributed by atoms with Gasteiger partial charge in [0, 0.05) is 19.6 Å². The van der Waals surface area contributed by atoms with Gasteiger partial charge in [-0.1, -0.05) is 0 Å². The number of esters is 1. The third-order valence-electron chi connectivity index (χ3n) is 2.19. The zero-order chi connectivity index (χ0) is 14.0. The Morgan fingerprint density at radius 2 is 1.72 bits per heavy atom. The number of hydrogen-bond donors (Lipinski definition) is 5. The van der Waals surface area contributed by atoms with Crippen LogP contribution in [0.15, 0.2) is 0 Å². The molecule has 6 N–H and O–H groups in total. The summed E-state index contributed by atoms with van der Waals surface area (Å²) in [5.41, 5.74) is 3.45. The van der Waals surface area contributed by atoms with Crippen LogP contribution in [-0.4, -0.2) is 67.1 Å². The van der Waals surface area contributed by atoms with E-state index in [1.807, 2.05) is 0 Å². The molecule has 0 aromatic rings. The molecule has 0 amide bonds. The number of aliphatic hydroxyl groups is 2. The molecule has 0 unspecified atom stereocenters. The van der Waals surface area contributed by atoms with Crippen LogP contribution in [0.5, 0.6) is 0 Å². The van der Waals surface area contributed by atoms with Gasteiger partial charge in [0.25, 0.3) is 0 Å². The largest absolute Gasteiger partial charge is 0.462 e. The van der Waals surface area contributed by atoms with E-state index in [0.29, 0.717) is 0 Å².